The molecule has 0 aromatic heterocycles. The zero-order valence-electron chi connectivity index (χ0n) is 7.14. The lowest BCUT2D eigenvalue weighted by Crippen LogP contribution is -2.56. The number of amides is 1. The van der Waals surface area contributed by atoms with E-state index in [9.17, 15) is 18.0 Å². The summed E-state index contributed by atoms with van der Waals surface area (Å²) >= 11 is 0. The van der Waals surface area contributed by atoms with Crippen LogP contribution in [-0.2, 0) is 4.79 Å². The van der Waals surface area contributed by atoms with Crippen LogP contribution in [0, 0.1) is 0 Å². The molecule has 6 heteroatoms. The number of alkyl halides is 3. The maximum absolute atomic E-state index is 12.3. The van der Waals surface area contributed by atoms with Crippen molar-refractivity contribution in [1.29, 1.82) is 0 Å². The van der Waals surface area contributed by atoms with E-state index in [2.05, 4.69) is 0 Å². The quantitative estimate of drug-likeness (QED) is 0.613. The highest BCUT2D eigenvalue weighted by Gasteiger charge is 2.47. The average molecular weight is 196 g/mol. The van der Waals surface area contributed by atoms with Crippen molar-refractivity contribution in [2.75, 3.05) is 7.05 Å². The first-order valence-corrected chi connectivity index (χ1v) is 3.93. The van der Waals surface area contributed by atoms with Crippen molar-refractivity contribution < 1.29 is 18.0 Å². The number of carbonyl (C=O) groups excluding carboxylic acids is 1. The van der Waals surface area contributed by atoms with Gasteiger partial charge in [0.05, 0.1) is 6.04 Å². The Morgan fingerprint density at radius 1 is 1.46 bits per heavy atom. The summed E-state index contributed by atoms with van der Waals surface area (Å²) in [5, 5.41) is 0. The molecule has 1 rings (SSSR count). The minimum atomic E-state index is -4.34. The van der Waals surface area contributed by atoms with Crippen molar-refractivity contribution in [1.82, 2.24) is 4.90 Å². The van der Waals surface area contributed by atoms with Crippen molar-refractivity contribution >= 4 is 5.91 Å². The van der Waals surface area contributed by atoms with Gasteiger partial charge in [-0.1, -0.05) is 0 Å². The van der Waals surface area contributed by atoms with Crippen LogP contribution in [0.15, 0.2) is 0 Å². The third kappa shape index (κ3) is 1.93. The molecule has 2 N–H and O–H groups in total. The second kappa shape index (κ2) is 3.17. The Morgan fingerprint density at radius 3 is 2.46 bits per heavy atom. The van der Waals surface area contributed by atoms with Gasteiger partial charge in [0.25, 0.3) is 0 Å². The monoisotopic (exact) mass is 196 g/mol. The number of nitrogens with zero attached hydrogens (tertiary/aromatic N) is 1. The van der Waals surface area contributed by atoms with Gasteiger partial charge in [-0.05, 0) is 12.8 Å². The Morgan fingerprint density at radius 2 is 2.00 bits per heavy atom. The zero-order chi connectivity index (χ0) is 10.2. The van der Waals surface area contributed by atoms with Crippen LogP contribution in [0.4, 0.5) is 13.2 Å². The molecule has 0 aromatic carbocycles. The van der Waals surface area contributed by atoms with Crippen molar-refractivity contribution in [3.63, 3.8) is 0 Å². The summed E-state index contributed by atoms with van der Waals surface area (Å²) in [5.74, 6) is -0.631. The molecule has 1 saturated heterocycles. The van der Waals surface area contributed by atoms with Crippen molar-refractivity contribution in [3.05, 3.63) is 0 Å². The van der Waals surface area contributed by atoms with E-state index in [4.69, 9.17) is 5.73 Å². The van der Waals surface area contributed by atoms with E-state index < -0.39 is 24.2 Å². The lowest BCUT2D eigenvalue weighted by Gasteiger charge is -2.36. The van der Waals surface area contributed by atoms with Gasteiger partial charge in [0.15, 0.2) is 0 Å². The van der Waals surface area contributed by atoms with Crippen LogP contribution in [-0.4, -0.2) is 36.1 Å². The van der Waals surface area contributed by atoms with E-state index in [-0.39, 0.29) is 12.8 Å². The molecule has 1 aliphatic heterocycles. The number of hydrogen-bond acceptors (Lipinski definition) is 2. The number of nitrogens with two attached hydrogens (primary N) is 1. The number of rotatable bonds is 0. The molecule has 76 valence electrons. The molecule has 0 aliphatic carbocycles. The third-order valence-corrected chi connectivity index (χ3v) is 2.26. The maximum Gasteiger partial charge on any atom is 0.408 e. The minimum Gasteiger partial charge on any atom is -0.332 e. The van der Waals surface area contributed by atoms with E-state index in [1.54, 1.807) is 0 Å². The molecule has 0 spiro atoms. The van der Waals surface area contributed by atoms with Gasteiger partial charge in [-0.15, -0.1) is 0 Å². The number of carbonyl (C=O) groups is 1. The van der Waals surface area contributed by atoms with Crippen LogP contribution in [0.2, 0.25) is 0 Å². The smallest absolute Gasteiger partial charge is 0.332 e. The number of likely N-dealkylation sites (tertiary alicyclic amines) is 1. The summed E-state index contributed by atoms with van der Waals surface area (Å²) < 4.78 is 36.8. The Balaban J connectivity index is 2.76. The first kappa shape index (κ1) is 10.3. The Labute approximate surface area is 73.7 Å². The predicted molar refractivity (Wildman–Crippen MR) is 39.8 cm³/mol. The fourth-order valence-electron chi connectivity index (χ4n) is 1.45. The fourth-order valence-corrected chi connectivity index (χ4v) is 1.45. The fraction of sp³-hybridized carbons (Fsp3) is 0.857. The Kier molecular flexibility index (Phi) is 2.51. The molecule has 0 saturated carbocycles. The number of likely N-dealkylation sites (N-methyl/N-ethyl adjacent to an activating group) is 1. The molecule has 1 fully saturated rings. The number of hydrogen-bond donors (Lipinski definition) is 1. The highest BCUT2D eigenvalue weighted by Crippen LogP contribution is 2.30. The van der Waals surface area contributed by atoms with E-state index in [1.165, 1.54) is 0 Å². The summed E-state index contributed by atoms with van der Waals surface area (Å²) in [4.78, 5) is 11.8. The first-order chi connectivity index (χ1) is 5.84. The standard InChI is InChI=1S/C7H11F3N2O/c1-12-5(7(8,9)10)3-2-4(11)6(12)13/h4-5H,2-3,11H2,1H3/t4-,5-/m0/s1. The van der Waals surface area contributed by atoms with Gasteiger partial charge in [-0.2, -0.15) is 13.2 Å². The van der Waals surface area contributed by atoms with E-state index >= 15 is 0 Å². The van der Waals surface area contributed by atoms with E-state index in [0.717, 1.165) is 7.05 Å². The maximum atomic E-state index is 12.3. The van der Waals surface area contributed by atoms with Crippen LogP contribution in [0.25, 0.3) is 0 Å². The highest BCUT2D eigenvalue weighted by molar-refractivity contribution is 5.82. The molecule has 0 aromatic rings. The van der Waals surface area contributed by atoms with Crippen LogP contribution < -0.4 is 5.73 Å². The van der Waals surface area contributed by atoms with Gasteiger partial charge in [0, 0.05) is 7.05 Å². The van der Waals surface area contributed by atoms with Crippen LogP contribution in [0.5, 0.6) is 0 Å². The molecule has 1 heterocycles. The first-order valence-electron chi connectivity index (χ1n) is 3.93. The molecular formula is C7H11F3N2O. The Hall–Kier alpha value is -0.780. The molecule has 1 aliphatic rings. The molecule has 0 radical (unpaired) electrons. The summed E-state index contributed by atoms with van der Waals surface area (Å²) in [7, 11) is 1.14. The lowest BCUT2D eigenvalue weighted by molar-refractivity contribution is -0.194. The normalized spacial score (nSPS) is 30.8. The second-order valence-electron chi connectivity index (χ2n) is 3.19. The molecule has 3 nitrogen and oxygen atoms in total. The van der Waals surface area contributed by atoms with Gasteiger partial charge >= 0.3 is 6.18 Å². The highest BCUT2D eigenvalue weighted by atomic mass is 19.4. The second-order valence-corrected chi connectivity index (χ2v) is 3.19. The largest absolute Gasteiger partial charge is 0.408 e. The van der Waals surface area contributed by atoms with Crippen LogP contribution in [0.1, 0.15) is 12.8 Å². The number of piperidine rings is 1. The topological polar surface area (TPSA) is 46.3 Å². The zero-order valence-corrected chi connectivity index (χ0v) is 7.14. The van der Waals surface area contributed by atoms with Crippen molar-refractivity contribution in [2.24, 2.45) is 5.73 Å². The molecule has 0 unspecified atom stereocenters. The van der Waals surface area contributed by atoms with Gasteiger partial charge < -0.3 is 10.6 Å². The lowest BCUT2D eigenvalue weighted by atomic mass is 9.98. The molecule has 13 heavy (non-hydrogen) atoms. The van der Waals surface area contributed by atoms with Gasteiger partial charge in [-0.3, -0.25) is 4.79 Å². The van der Waals surface area contributed by atoms with E-state index in [1.807, 2.05) is 0 Å². The average Bonchev–Trinajstić information content (AvgIpc) is 1.98. The molecule has 2 atom stereocenters. The molecule has 0 bridgehead atoms. The minimum absolute atomic E-state index is 0.104. The number of halogens is 3. The summed E-state index contributed by atoms with van der Waals surface area (Å²) in [5.41, 5.74) is 5.32. The van der Waals surface area contributed by atoms with Crippen molar-refractivity contribution in [2.45, 2.75) is 31.1 Å². The Bertz CT molecular complexity index is 216. The van der Waals surface area contributed by atoms with Gasteiger partial charge in [0.1, 0.15) is 6.04 Å². The SMILES string of the molecule is CN1C(=O)[C@@H](N)CC[C@H]1C(F)(F)F. The molecule has 1 amide bonds. The van der Waals surface area contributed by atoms with Gasteiger partial charge in [-0.25, -0.2) is 0 Å². The third-order valence-electron chi connectivity index (χ3n) is 2.26. The predicted octanol–water partition coefficient (Wildman–Crippen LogP) is 0.497. The summed E-state index contributed by atoms with van der Waals surface area (Å²) in [6.45, 7) is 0. The van der Waals surface area contributed by atoms with Crippen LogP contribution in [0.3, 0.4) is 0 Å². The summed E-state index contributed by atoms with van der Waals surface area (Å²) in [6.07, 6.45) is -4.34. The molecular weight excluding hydrogens is 185 g/mol. The summed E-state index contributed by atoms with van der Waals surface area (Å²) in [6, 6.07) is -2.44. The van der Waals surface area contributed by atoms with Gasteiger partial charge in [0.2, 0.25) is 5.91 Å². The van der Waals surface area contributed by atoms with Crippen molar-refractivity contribution in [3.8, 4) is 0 Å². The van der Waals surface area contributed by atoms with E-state index in [0.29, 0.717) is 4.90 Å². The van der Waals surface area contributed by atoms with Crippen LogP contribution >= 0.6 is 0 Å².